The van der Waals surface area contributed by atoms with E-state index in [1.165, 1.54) is 16.9 Å². The molecule has 3 aliphatic rings. The summed E-state index contributed by atoms with van der Waals surface area (Å²) in [6, 6.07) is 1.96. The highest BCUT2D eigenvalue weighted by Crippen LogP contribution is 2.42. The van der Waals surface area contributed by atoms with Crippen molar-refractivity contribution in [2.45, 2.75) is 103 Å². The molecule has 0 radical (unpaired) electrons. The molecule has 1 saturated carbocycles. The fraction of sp³-hybridized carbons (Fsp3) is 0.714. The second-order valence-corrected chi connectivity index (χ2v) is 12.8. The molecule has 1 N–H and O–H groups in total. The third-order valence-corrected chi connectivity index (χ3v) is 9.33. The molecule has 2 heterocycles. The van der Waals surface area contributed by atoms with E-state index in [0.717, 1.165) is 56.4 Å². The predicted octanol–water partition coefficient (Wildman–Crippen LogP) is 6.19. The number of rotatable bonds is 6. The van der Waals surface area contributed by atoms with Gasteiger partial charge in [-0.2, -0.15) is 0 Å². The van der Waals surface area contributed by atoms with Crippen LogP contribution in [0.4, 0.5) is 5.69 Å². The molecule has 1 aromatic heterocycles. The maximum Gasteiger partial charge on any atom is 0.348 e. The van der Waals surface area contributed by atoms with Gasteiger partial charge in [0.25, 0.3) is 0 Å². The summed E-state index contributed by atoms with van der Waals surface area (Å²) in [5, 5.41) is 10.1. The first-order valence-electron chi connectivity index (χ1n) is 13.1. The zero-order valence-corrected chi connectivity index (χ0v) is 22.7. The van der Waals surface area contributed by atoms with Crippen molar-refractivity contribution in [3.8, 4) is 0 Å². The molecule has 0 spiro atoms. The van der Waals surface area contributed by atoms with E-state index in [1.807, 2.05) is 11.0 Å². The Morgan fingerprint density at radius 1 is 1.14 bits per heavy atom. The first kappa shape index (κ1) is 26.4. The Bertz CT molecular complexity index is 947. The lowest BCUT2D eigenvalue weighted by atomic mass is 9.79. The third kappa shape index (κ3) is 6.00. The molecule has 35 heavy (non-hydrogen) atoms. The summed E-state index contributed by atoms with van der Waals surface area (Å²) in [6.07, 6.45) is 8.52. The van der Waals surface area contributed by atoms with E-state index in [4.69, 9.17) is 9.47 Å². The second kappa shape index (κ2) is 10.7. The van der Waals surface area contributed by atoms with Gasteiger partial charge in [0.05, 0.1) is 24.5 Å². The van der Waals surface area contributed by atoms with E-state index in [9.17, 15) is 14.7 Å². The molecule has 1 amide bonds. The van der Waals surface area contributed by atoms with Gasteiger partial charge in [-0.3, -0.25) is 4.79 Å². The Kier molecular flexibility index (Phi) is 8.08. The number of hydrogen-bond donors (Lipinski definition) is 1. The number of ether oxygens (including phenoxy) is 2. The Morgan fingerprint density at radius 3 is 2.43 bits per heavy atom. The molecule has 1 aliphatic heterocycles. The first-order valence-corrected chi connectivity index (χ1v) is 14.0. The van der Waals surface area contributed by atoms with Crippen molar-refractivity contribution >= 4 is 28.9 Å². The van der Waals surface area contributed by atoms with Crippen LogP contribution in [-0.4, -0.2) is 48.4 Å². The summed E-state index contributed by atoms with van der Waals surface area (Å²) in [4.78, 5) is 29.7. The van der Waals surface area contributed by atoms with Gasteiger partial charge in [0, 0.05) is 23.4 Å². The van der Waals surface area contributed by atoms with Crippen molar-refractivity contribution in [2.75, 3.05) is 18.1 Å². The van der Waals surface area contributed by atoms with Crippen LogP contribution in [0.2, 0.25) is 0 Å². The number of nitrogens with zero attached hydrogens (tertiary/aromatic N) is 1. The molecule has 0 aromatic carbocycles. The van der Waals surface area contributed by atoms with Gasteiger partial charge in [-0.25, -0.2) is 4.79 Å². The van der Waals surface area contributed by atoms with Crippen molar-refractivity contribution in [3.05, 3.63) is 27.5 Å². The Labute approximate surface area is 213 Å². The van der Waals surface area contributed by atoms with E-state index in [2.05, 4.69) is 40.7 Å². The standard InChI is InChI=1S/C28H41NO5S/c1-17-6-11-22(18(2)14-17)26(30)29(23-15-24(28(3,4)5)35-25(23)27(31)32)19-7-9-20(10-8-19)34-21-12-13-33-16-21/h6,15,18-22H,7-14,16H2,1-5H3,(H,31,32)/t18-,19?,20?,21+,22?/m1/s1. The average molecular weight is 504 g/mol. The normalized spacial score (nSPS) is 29.6. The molecule has 6 nitrogen and oxygen atoms in total. The topological polar surface area (TPSA) is 76.1 Å². The largest absolute Gasteiger partial charge is 0.477 e. The van der Waals surface area contributed by atoms with Crippen LogP contribution in [0.3, 0.4) is 0 Å². The van der Waals surface area contributed by atoms with Crippen LogP contribution in [0.15, 0.2) is 17.7 Å². The Morgan fingerprint density at radius 2 is 1.86 bits per heavy atom. The molecule has 3 atom stereocenters. The van der Waals surface area contributed by atoms with E-state index >= 15 is 0 Å². The molecule has 4 rings (SSSR count). The number of hydrogen-bond acceptors (Lipinski definition) is 5. The number of carbonyl (C=O) groups is 2. The minimum Gasteiger partial charge on any atom is -0.477 e. The van der Waals surface area contributed by atoms with Crippen molar-refractivity contribution in [3.63, 3.8) is 0 Å². The van der Waals surface area contributed by atoms with E-state index < -0.39 is 5.97 Å². The van der Waals surface area contributed by atoms with Crippen LogP contribution in [0, 0.1) is 11.8 Å². The number of carbonyl (C=O) groups excluding carboxylic acids is 1. The van der Waals surface area contributed by atoms with Crippen LogP contribution in [0.25, 0.3) is 0 Å². The third-order valence-electron chi connectivity index (χ3n) is 7.79. The number of allylic oxidation sites excluding steroid dienone is 2. The van der Waals surface area contributed by atoms with Gasteiger partial charge < -0.3 is 19.5 Å². The molecule has 1 aromatic rings. The lowest BCUT2D eigenvalue weighted by molar-refractivity contribution is -0.124. The van der Waals surface area contributed by atoms with Gasteiger partial charge >= 0.3 is 5.97 Å². The number of aromatic carboxylic acids is 1. The van der Waals surface area contributed by atoms with Crippen molar-refractivity contribution < 1.29 is 24.2 Å². The van der Waals surface area contributed by atoms with E-state index in [-0.39, 0.29) is 46.3 Å². The summed E-state index contributed by atoms with van der Waals surface area (Å²) in [5.74, 6) is -0.756. The van der Waals surface area contributed by atoms with Crippen LogP contribution < -0.4 is 4.90 Å². The number of amides is 1. The number of carboxylic acid groups (broad SMARTS) is 1. The summed E-state index contributed by atoms with van der Waals surface area (Å²) in [5.41, 5.74) is 1.73. The highest BCUT2D eigenvalue weighted by atomic mass is 32.1. The smallest absolute Gasteiger partial charge is 0.348 e. The van der Waals surface area contributed by atoms with Crippen molar-refractivity contribution in [1.82, 2.24) is 0 Å². The van der Waals surface area contributed by atoms with E-state index in [1.54, 1.807) is 0 Å². The monoisotopic (exact) mass is 503 g/mol. The van der Waals surface area contributed by atoms with Gasteiger partial charge in [-0.15, -0.1) is 11.3 Å². The van der Waals surface area contributed by atoms with Gasteiger partial charge in [-0.05, 0) is 69.3 Å². The van der Waals surface area contributed by atoms with Crippen LogP contribution in [-0.2, 0) is 19.7 Å². The van der Waals surface area contributed by atoms with Crippen molar-refractivity contribution in [2.24, 2.45) is 11.8 Å². The molecule has 0 bridgehead atoms. The van der Waals surface area contributed by atoms with Crippen LogP contribution in [0.1, 0.15) is 94.1 Å². The summed E-state index contributed by atoms with van der Waals surface area (Å²) in [7, 11) is 0. The fourth-order valence-corrected chi connectivity index (χ4v) is 6.77. The molecule has 1 unspecified atom stereocenters. The highest BCUT2D eigenvalue weighted by Gasteiger charge is 2.39. The predicted molar refractivity (Wildman–Crippen MR) is 139 cm³/mol. The summed E-state index contributed by atoms with van der Waals surface area (Å²) < 4.78 is 11.7. The maximum atomic E-state index is 14.2. The molecular weight excluding hydrogens is 462 g/mol. The van der Waals surface area contributed by atoms with Crippen LogP contribution >= 0.6 is 11.3 Å². The zero-order chi connectivity index (χ0) is 25.3. The zero-order valence-electron chi connectivity index (χ0n) is 21.8. The molecule has 194 valence electrons. The minimum absolute atomic E-state index is 0.0121. The highest BCUT2D eigenvalue weighted by molar-refractivity contribution is 7.14. The quantitative estimate of drug-likeness (QED) is 0.469. The summed E-state index contributed by atoms with van der Waals surface area (Å²) >= 11 is 1.31. The van der Waals surface area contributed by atoms with Crippen molar-refractivity contribution in [1.29, 1.82) is 0 Å². The maximum absolute atomic E-state index is 14.2. The SMILES string of the molecule is CC1=CCC(C(=O)N(c2cc(C(C)(C)C)sc2C(=O)O)C2CCC(O[C@H]3CCOC3)CC2)[C@H](C)C1. The molecule has 7 heteroatoms. The molecule has 1 saturated heterocycles. The lowest BCUT2D eigenvalue weighted by Gasteiger charge is -2.40. The van der Waals surface area contributed by atoms with Gasteiger partial charge in [0.15, 0.2) is 0 Å². The van der Waals surface area contributed by atoms with Gasteiger partial charge in [0.2, 0.25) is 5.91 Å². The number of carboxylic acids is 1. The average Bonchev–Trinajstić information content (AvgIpc) is 3.45. The lowest BCUT2D eigenvalue weighted by Crippen LogP contribution is -2.48. The first-order chi connectivity index (χ1) is 16.5. The number of anilines is 1. The Hall–Kier alpha value is -1.70. The second-order valence-electron chi connectivity index (χ2n) is 11.7. The fourth-order valence-electron chi connectivity index (χ4n) is 5.73. The van der Waals surface area contributed by atoms with Gasteiger partial charge in [0.1, 0.15) is 4.88 Å². The van der Waals surface area contributed by atoms with Crippen LogP contribution in [0.5, 0.6) is 0 Å². The Balaban J connectivity index is 1.63. The van der Waals surface area contributed by atoms with Gasteiger partial charge in [-0.1, -0.05) is 39.3 Å². The minimum atomic E-state index is -0.955. The summed E-state index contributed by atoms with van der Waals surface area (Å²) in [6.45, 7) is 12.0. The number of thiophene rings is 1. The molecule has 2 aliphatic carbocycles. The van der Waals surface area contributed by atoms with E-state index in [0.29, 0.717) is 12.3 Å². The molecular formula is C28H41NO5S. The molecule has 2 fully saturated rings.